The molecule has 1 rings (SSSR count). The average Bonchev–Trinajstić information content (AvgIpc) is 2.37. The number of nitrogens with zero attached hydrogens (tertiary/aromatic N) is 3. The maximum Gasteiger partial charge on any atom is 0.274 e. The molecule has 0 fully saturated rings. The summed E-state index contributed by atoms with van der Waals surface area (Å²) in [5.41, 5.74) is 0.389. The van der Waals surface area contributed by atoms with Gasteiger partial charge < -0.3 is 10.2 Å². The van der Waals surface area contributed by atoms with Crippen LogP contribution < -0.4 is 5.32 Å². The zero-order chi connectivity index (χ0) is 14.4. The fourth-order valence-corrected chi connectivity index (χ4v) is 1.93. The van der Waals surface area contributed by atoms with Gasteiger partial charge in [0, 0.05) is 19.6 Å². The van der Waals surface area contributed by atoms with Crippen molar-refractivity contribution in [1.82, 2.24) is 14.9 Å². The Labute approximate surface area is 115 Å². The highest BCUT2D eigenvalue weighted by molar-refractivity contribution is 5.92. The minimum atomic E-state index is -0.0799. The van der Waals surface area contributed by atoms with Crippen LogP contribution in [-0.4, -0.2) is 40.4 Å². The fourth-order valence-electron chi connectivity index (χ4n) is 1.93. The van der Waals surface area contributed by atoms with Crippen molar-refractivity contribution in [3.05, 3.63) is 18.1 Å². The van der Waals surface area contributed by atoms with E-state index in [-0.39, 0.29) is 11.9 Å². The van der Waals surface area contributed by atoms with E-state index in [2.05, 4.69) is 36.1 Å². The van der Waals surface area contributed by atoms with Crippen molar-refractivity contribution in [3.63, 3.8) is 0 Å². The molecule has 1 heterocycles. The molecular formula is C14H24N4O. The largest absolute Gasteiger partial charge is 0.369 e. The van der Waals surface area contributed by atoms with Crippen LogP contribution in [0.25, 0.3) is 0 Å². The van der Waals surface area contributed by atoms with Crippen molar-refractivity contribution >= 4 is 11.7 Å². The minimum Gasteiger partial charge on any atom is -0.369 e. The van der Waals surface area contributed by atoms with Crippen molar-refractivity contribution in [2.45, 2.75) is 40.2 Å². The number of hydrogen-bond acceptors (Lipinski definition) is 4. The van der Waals surface area contributed by atoms with Crippen LogP contribution in [0.15, 0.2) is 12.4 Å². The Morgan fingerprint density at radius 1 is 1.32 bits per heavy atom. The first kappa shape index (κ1) is 15.4. The topological polar surface area (TPSA) is 58.1 Å². The summed E-state index contributed by atoms with van der Waals surface area (Å²) in [5.74, 6) is 1.17. The Kier molecular flexibility index (Phi) is 5.73. The number of nitrogens with one attached hydrogen (secondary N) is 1. The summed E-state index contributed by atoms with van der Waals surface area (Å²) >= 11 is 0. The van der Waals surface area contributed by atoms with Gasteiger partial charge in [0.2, 0.25) is 0 Å². The Morgan fingerprint density at radius 3 is 2.47 bits per heavy atom. The molecule has 0 aliphatic carbocycles. The second-order valence-electron chi connectivity index (χ2n) is 5.21. The Morgan fingerprint density at radius 2 is 2.00 bits per heavy atom. The number of aromatic nitrogens is 2. The van der Waals surface area contributed by atoms with Crippen LogP contribution in [-0.2, 0) is 0 Å². The van der Waals surface area contributed by atoms with Crippen LogP contribution in [0.5, 0.6) is 0 Å². The molecule has 0 saturated carbocycles. The van der Waals surface area contributed by atoms with Gasteiger partial charge in [-0.05, 0) is 26.2 Å². The number of hydrogen-bond donors (Lipinski definition) is 1. The first-order valence-electron chi connectivity index (χ1n) is 6.78. The van der Waals surface area contributed by atoms with Gasteiger partial charge in [-0.15, -0.1) is 0 Å². The average molecular weight is 264 g/mol. The normalized spacial score (nSPS) is 12.3. The Hall–Kier alpha value is -1.65. The molecule has 1 atom stereocenters. The smallest absolute Gasteiger partial charge is 0.274 e. The van der Waals surface area contributed by atoms with E-state index in [1.165, 1.54) is 6.20 Å². The third kappa shape index (κ3) is 4.50. The number of carbonyl (C=O) groups is 1. The summed E-state index contributed by atoms with van der Waals surface area (Å²) in [6, 6.07) is 0.197. The lowest BCUT2D eigenvalue weighted by Gasteiger charge is -2.25. The Bertz CT molecular complexity index is 402. The van der Waals surface area contributed by atoms with E-state index in [1.807, 2.05) is 14.0 Å². The SMILES string of the molecule is CCNc1cnc(C(=O)N(C)C(C)CC(C)C)cn1. The number of rotatable bonds is 6. The molecular weight excluding hydrogens is 240 g/mol. The molecule has 0 radical (unpaired) electrons. The molecule has 0 aromatic carbocycles. The van der Waals surface area contributed by atoms with Crippen molar-refractivity contribution in [1.29, 1.82) is 0 Å². The first-order valence-corrected chi connectivity index (χ1v) is 6.78. The number of anilines is 1. The third-order valence-corrected chi connectivity index (χ3v) is 3.02. The van der Waals surface area contributed by atoms with E-state index < -0.39 is 0 Å². The van der Waals surface area contributed by atoms with E-state index in [0.717, 1.165) is 13.0 Å². The van der Waals surface area contributed by atoms with E-state index in [0.29, 0.717) is 17.4 Å². The fraction of sp³-hybridized carbons (Fsp3) is 0.643. The molecule has 1 aromatic heterocycles. The van der Waals surface area contributed by atoms with E-state index in [9.17, 15) is 4.79 Å². The van der Waals surface area contributed by atoms with Crippen LogP contribution in [0, 0.1) is 5.92 Å². The number of amides is 1. The lowest BCUT2D eigenvalue weighted by Crippen LogP contribution is -2.36. The quantitative estimate of drug-likeness (QED) is 0.857. The standard InChI is InChI=1S/C14H24N4O/c1-6-15-13-9-16-12(8-17-13)14(19)18(5)11(4)7-10(2)3/h8-11H,6-7H2,1-5H3,(H,15,17). The second kappa shape index (κ2) is 7.07. The van der Waals surface area contributed by atoms with Gasteiger partial charge in [0.1, 0.15) is 11.5 Å². The monoisotopic (exact) mass is 264 g/mol. The molecule has 0 spiro atoms. The molecule has 1 N–H and O–H groups in total. The summed E-state index contributed by atoms with van der Waals surface area (Å²) < 4.78 is 0. The molecule has 0 aliphatic rings. The molecule has 19 heavy (non-hydrogen) atoms. The molecule has 5 nitrogen and oxygen atoms in total. The molecule has 0 saturated heterocycles. The Balaban J connectivity index is 2.70. The van der Waals surface area contributed by atoms with Gasteiger partial charge in [0.25, 0.3) is 5.91 Å². The highest BCUT2D eigenvalue weighted by Gasteiger charge is 2.19. The predicted octanol–water partition coefficient (Wildman–Crippen LogP) is 2.42. The van der Waals surface area contributed by atoms with Gasteiger partial charge in [-0.3, -0.25) is 4.79 Å². The zero-order valence-corrected chi connectivity index (χ0v) is 12.5. The highest BCUT2D eigenvalue weighted by Crippen LogP contribution is 2.12. The van der Waals surface area contributed by atoms with Crippen molar-refractivity contribution < 1.29 is 4.79 Å². The van der Waals surface area contributed by atoms with Crippen molar-refractivity contribution in [3.8, 4) is 0 Å². The lowest BCUT2D eigenvalue weighted by molar-refractivity contribution is 0.0722. The van der Waals surface area contributed by atoms with E-state index >= 15 is 0 Å². The summed E-state index contributed by atoms with van der Waals surface area (Å²) in [4.78, 5) is 22.3. The summed E-state index contributed by atoms with van der Waals surface area (Å²) in [7, 11) is 1.81. The third-order valence-electron chi connectivity index (χ3n) is 3.02. The molecule has 0 aliphatic heterocycles. The minimum absolute atomic E-state index is 0.0799. The number of carbonyl (C=O) groups excluding carboxylic acids is 1. The van der Waals surface area contributed by atoms with Crippen LogP contribution >= 0.6 is 0 Å². The molecule has 106 valence electrons. The molecule has 1 amide bonds. The van der Waals surface area contributed by atoms with E-state index in [1.54, 1.807) is 11.1 Å². The summed E-state index contributed by atoms with van der Waals surface area (Å²) in [6.45, 7) is 9.13. The van der Waals surface area contributed by atoms with Crippen LogP contribution in [0.4, 0.5) is 5.82 Å². The van der Waals surface area contributed by atoms with Gasteiger partial charge in [-0.25, -0.2) is 9.97 Å². The van der Waals surface area contributed by atoms with Crippen molar-refractivity contribution in [2.75, 3.05) is 18.9 Å². The van der Waals surface area contributed by atoms with Gasteiger partial charge in [-0.2, -0.15) is 0 Å². The molecule has 0 bridgehead atoms. The maximum absolute atomic E-state index is 12.2. The highest BCUT2D eigenvalue weighted by atomic mass is 16.2. The first-order chi connectivity index (χ1) is 8.95. The van der Waals surface area contributed by atoms with Crippen LogP contribution in [0.2, 0.25) is 0 Å². The molecule has 5 heteroatoms. The molecule has 1 unspecified atom stereocenters. The zero-order valence-electron chi connectivity index (χ0n) is 12.5. The van der Waals surface area contributed by atoms with Crippen LogP contribution in [0.3, 0.4) is 0 Å². The second-order valence-corrected chi connectivity index (χ2v) is 5.21. The van der Waals surface area contributed by atoms with Crippen molar-refractivity contribution in [2.24, 2.45) is 5.92 Å². The summed E-state index contributed by atoms with van der Waals surface area (Å²) in [6.07, 6.45) is 4.10. The van der Waals surface area contributed by atoms with Gasteiger partial charge in [0.05, 0.1) is 12.4 Å². The lowest BCUT2D eigenvalue weighted by atomic mass is 10.0. The predicted molar refractivity (Wildman–Crippen MR) is 77.2 cm³/mol. The molecule has 1 aromatic rings. The van der Waals surface area contributed by atoms with Gasteiger partial charge in [-0.1, -0.05) is 13.8 Å². The summed E-state index contributed by atoms with van der Waals surface area (Å²) in [5, 5.41) is 3.05. The van der Waals surface area contributed by atoms with Gasteiger partial charge >= 0.3 is 0 Å². The van der Waals surface area contributed by atoms with E-state index in [4.69, 9.17) is 0 Å². The van der Waals surface area contributed by atoms with Gasteiger partial charge in [0.15, 0.2) is 0 Å². The van der Waals surface area contributed by atoms with Crippen LogP contribution in [0.1, 0.15) is 44.6 Å². The maximum atomic E-state index is 12.2.